The van der Waals surface area contributed by atoms with Crippen molar-refractivity contribution in [1.29, 1.82) is 0 Å². The topological polar surface area (TPSA) is 20.2 Å². The minimum atomic E-state index is -0.669. The van der Waals surface area contributed by atoms with Crippen molar-refractivity contribution in [2.45, 2.75) is 25.4 Å². The van der Waals surface area contributed by atoms with Gasteiger partial charge in [-0.15, -0.1) is 0 Å². The number of benzene rings is 1. The maximum Gasteiger partial charge on any atom is 0.0989 e. The van der Waals surface area contributed by atoms with Crippen LogP contribution in [0.25, 0.3) is 0 Å². The van der Waals surface area contributed by atoms with E-state index in [0.29, 0.717) is 0 Å². The Morgan fingerprint density at radius 3 is 2.93 bits per heavy atom. The molecule has 1 aromatic rings. The summed E-state index contributed by atoms with van der Waals surface area (Å²) in [4.78, 5) is 0. The molecule has 0 aromatic heterocycles. The molecule has 1 heterocycles. The summed E-state index contributed by atoms with van der Waals surface area (Å²) in [6.07, 6.45) is 1.92. The number of rotatable bonds is 1. The zero-order chi connectivity index (χ0) is 10.9. The Morgan fingerprint density at radius 1 is 1.47 bits per heavy atom. The van der Waals surface area contributed by atoms with E-state index in [9.17, 15) is 5.11 Å². The molecule has 1 aliphatic rings. The van der Waals surface area contributed by atoms with Gasteiger partial charge in [0.1, 0.15) is 0 Å². The fraction of sp³-hybridized carbons (Fsp3) is 0.500. The fourth-order valence-corrected chi connectivity index (χ4v) is 3.41. The van der Waals surface area contributed by atoms with Crippen LogP contribution in [0.4, 0.5) is 0 Å². The van der Waals surface area contributed by atoms with Gasteiger partial charge in [-0.2, -0.15) is 11.8 Å². The molecule has 1 aliphatic heterocycles. The van der Waals surface area contributed by atoms with Gasteiger partial charge in [0.25, 0.3) is 0 Å². The number of thioether (sulfide) groups is 1. The van der Waals surface area contributed by atoms with Gasteiger partial charge < -0.3 is 5.11 Å². The van der Waals surface area contributed by atoms with Gasteiger partial charge in [0.05, 0.1) is 5.60 Å². The first-order valence-corrected chi connectivity index (χ1v) is 6.72. The predicted molar refractivity (Wildman–Crippen MR) is 66.6 cm³/mol. The Morgan fingerprint density at radius 2 is 2.27 bits per heavy atom. The lowest BCUT2D eigenvalue weighted by Crippen LogP contribution is -2.32. The van der Waals surface area contributed by atoms with Gasteiger partial charge in [-0.25, -0.2) is 0 Å². The molecular weight excluding hydrogens is 228 g/mol. The third kappa shape index (κ3) is 2.17. The molecule has 1 atom stereocenters. The van der Waals surface area contributed by atoms with Crippen LogP contribution < -0.4 is 0 Å². The third-order valence-corrected chi connectivity index (χ3v) is 4.66. The maximum atomic E-state index is 10.6. The summed E-state index contributed by atoms with van der Waals surface area (Å²) < 4.78 is 0. The van der Waals surface area contributed by atoms with Gasteiger partial charge >= 0.3 is 0 Å². The summed E-state index contributed by atoms with van der Waals surface area (Å²) >= 11 is 7.90. The monoisotopic (exact) mass is 242 g/mol. The molecule has 0 spiro atoms. The second-order valence-electron chi connectivity index (χ2n) is 4.10. The Labute approximate surface area is 99.8 Å². The van der Waals surface area contributed by atoms with Crippen LogP contribution >= 0.6 is 23.4 Å². The molecule has 0 aliphatic carbocycles. The molecule has 0 saturated carbocycles. The van der Waals surface area contributed by atoms with Crippen molar-refractivity contribution in [1.82, 2.24) is 0 Å². The Hall–Kier alpha value is -0.180. The molecule has 0 radical (unpaired) electrons. The standard InChI is InChI=1S/C12H15ClOS/c1-9-10(4-2-5-11(9)13)12(14)6-3-7-15-8-12/h2,4-5,14H,3,6-8H2,1H3. The Bertz CT molecular complexity index is 359. The van der Waals surface area contributed by atoms with Crippen LogP contribution in [0.5, 0.6) is 0 Å². The maximum absolute atomic E-state index is 10.6. The zero-order valence-electron chi connectivity index (χ0n) is 8.79. The summed E-state index contributed by atoms with van der Waals surface area (Å²) in [5.74, 6) is 1.94. The molecular formula is C12H15ClOS. The van der Waals surface area contributed by atoms with Crippen molar-refractivity contribution >= 4 is 23.4 Å². The van der Waals surface area contributed by atoms with E-state index >= 15 is 0 Å². The molecule has 1 saturated heterocycles. The first-order valence-electron chi connectivity index (χ1n) is 5.19. The minimum absolute atomic E-state index is 0.669. The normalized spacial score (nSPS) is 26.6. The highest BCUT2D eigenvalue weighted by Gasteiger charge is 2.33. The summed E-state index contributed by atoms with van der Waals surface area (Å²) in [5, 5.41) is 11.3. The first kappa shape index (κ1) is 11.3. The van der Waals surface area contributed by atoms with E-state index < -0.39 is 5.60 Å². The predicted octanol–water partition coefficient (Wildman–Crippen LogP) is 3.36. The van der Waals surface area contributed by atoms with Crippen molar-refractivity contribution < 1.29 is 5.11 Å². The second kappa shape index (κ2) is 4.36. The van der Waals surface area contributed by atoms with Gasteiger partial charge in [0, 0.05) is 10.8 Å². The third-order valence-electron chi connectivity index (χ3n) is 2.99. The molecule has 0 amide bonds. The van der Waals surface area contributed by atoms with E-state index in [1.807, 2.05) is 36.9 Å². The number of halogens is 1. The molecule has 1 fully saturated rings. The summed E-state index contributed by atoms with van der Waals surface area (Å²) in [6.45, 7) is 1.98. The van der Waals surface area contributed by atoms with Crippen LogP contribution in [0.3, 0.4) is 0 Å². The van der Waals surface area contributed by atoms with Gasteiger partial charge in [0.2, 0.25) is 0 Å². The molecule has 15 heavy (non-hydrogen) atoms. The van der Waals surface area contributed by atoms with Gasteiger partial charge in [0.15, 0.2) is 0 Å². The van der Waals surface area contributed by atoms with E-state index in [2.05, 4.69) is 0 Å². The molecule has 1 N–H and O–H groups in total. The highest BCUT2D eigenvalue weighted by molar-refractivity contribution is 7.99. The Balaban J connectivity index is 2.39. The second-order valence-corrected chi connectivity index (χ2v) is 5.61. The van der Waals surface area contributed by atoms with Crippen LogP contribution in [0.2, 0.25) is 5.02 Å². The van der Waals surface area contributed by atoms with Crippen molar-refractivity contribution in [3.05, 3.63) is 34.3 Å². The number of hydrogen-bond acceptors (Lipinski definition) is 2. The van der Waals surface area contributed by atoms with Crippen LogP contribution in [-0.2, 0) is 5.60 Å². The van der Waals surface area contributed by atoms with E-state index in [1.165, 1.54) is 0 Å². The lowest BCUT2D eigenvalue weighted by Gasteiger charge is -2.33. The van der Waals surface area contributed by atoms with E-state index in [1.54, 1.807) is 0 Å². The zero-order valence-corrected chi connectivity index (χ0v) is 10.4. The molecule has 1 unspecified atom stereocenters. The minimum Gasteiger partial charge on any atom is -0.384 e. The molecule has 82 valence electrons. The average molecular weight is 243 g/mol. The van der Waals surface area contributed by atoms with Gasteiger partial charge in [-0.3, -0.25) is 0 Å². The quantitative estimate of drug-likeness (QED) is 0.815. The van der Waals surface area contributed by atoms with Gasteiger partial charge in [-0.1, -0.05) is 23.7 Å². The number of aliphatic hydroxyl groups is 1. The molecule has 1 nitrogen and oxygen atoms in total. The summed E-state index contributed by atoms with van der Waals surface area (Å²) in [7, 11) is 0. The average Bonchev–Trinajstić information content (AvgIpc) is 2.23. The van der Waals surface area contributed by atoms with E-state index in [4.69, 9.17) is 11.6 Å². The van der Waals surface area contributed by atoms with Crippen molar-refractivity contribution in [2.24, 2.45) is 0 Å². The van der Waals surface area contributed by atoms with Crippen LogP contribution in [0.15, 0.2) is 18.2 Å². The van der Waals surface area contributed by atoms with E-state index in [-0.39, 0.29) is 0 Å². The van der Waals surface area contributed by atoms with Crippen LogP contribution in [0.1, 0.15) is 24.0 Å². The molecule has 1 aromatic carbocycles. The molecule has 0 bridgehead atoms. The van der Waals surface area contributed by atoms with Gasteiger partial charge in [-0.05, 0) is 42.7 Å². The number of hydrogen-bond donors (Lipinski definition) is 1. The smallest absolute Gasteiger partial charge is 0.0989 e. The molecule has 3 heteroatoms. The summed E-state index contributed by atoms with van der Waals surface area (Å²) in [6, 6.07) is 5.79. The highest BCUT2D eigenvalue weighted by atomic mass is 35.5. The SMILES string of the molecule is Cc1c(Cl)cccc1C1(O)CCCSC1. The fourth-order valence-electron chi connectivity index (χ4n) is 2.10. The Kier molecular flexibility index (Phi) is 3.29. The first-order chi connectivity index (χ1) is 7.13. The largest absolute Gasteiger partial charge is 0.384 e. The van der Waals surface area contributed by atoms with Crippen molar-refractivity contribution in [3.63, 3.8) is 0 Å². The van der Waals surface area contributed by atoms with Crippen molar-refractivity contribution in [3.8, 4) is 0 Å². The lowest BCUT2D eigenvalue weighted by atomic mass is 9.88. The highest BCUT2D eigenvalue weighted by Crippen LogP contribution is 2.38. The lowest BCUT2D eigenvalue weighted by molar-refractivity contribution is 0.0489. The van der Waals surface area contributed by atoms with Crippen LogP contribution in [0, 0.1) is 6.92 Å². The van der Waals surface area contributed by atoms with Crippen LogP contribution in [-0.4, -0.2) is 16.6 Å². The molecule has 2 rings (SSSR count). The van der Waals surface area contributed by atoms with Crippen molar-refractivity contribution in [2.75, 3.05) is 11.5 Å². The van der Waals surface area contributed by atoms with E-state index in [0.717, 1.165) is 40.5 Å². The summed E-state index contributed by atoms with van der Waals surface area (Å²) in [5.41, 5.74) is 1.35.